The van der Waals surface area contributed by atoms with Crippen molar-refractivity contribution in [2.45, 2.75) is 58.5 Å². The van der Waals surface area contributed by atoms with Gasteiger partial charge in [-0.05, 0) is 56.6 Å². The number of anilines is 1. The Hall–Kier alpha value is -0.870. The maximum atomic E-state index is 10.6. The molecule has 0 saturated heterocycles. The molecule has 0 aliphatic heterocycles. The molecule has 0 bridgehead atoms. The number of rotatable bonds is 4. The third kappa shape index (κ3) is 3.41. The lowest BCUT2D eigenvalue weighted by Gasteiger charge is -2.36. The Balaban J connectivity index is 1.97. The molecule has 4 nitrogen and oxygen atoms in total. The molecule has 1 aliphatic rings. The largest absolute Gasteiger partial charge is 0.388 e. The lowest BCUT2D eigenvalue weighted by Crippen LogP contribution is -2.40. The monoisotopic (exact) mass is 297 g/mol. The van der Waals surface area contributed by atoms with Crippen molar-refractivity contribution in [2.24, 2.45) is 5.92 Å². The van der Waals surface area contributed by atoms with Gasteiger partial charge in [0.2, 0.25) is 0 Å². The third-order valence-corrected chi connectivity index (χ3v) is 5.02. The Bertz CT molecular complexity index is 470. The van der Waals surface area contributed by atoms with Crippen LogP contribution in [0.1, 0.15) is 50.2 Å². The maximum Gasteiger partial charge on any atom is 0.155 e. The molecule has 1 aromatic heterocycles. The molecule has 20 heavy (non-hydrogen) atoms. The second-order valence-electron chi connectivity index (χ2n) is 6.02. The summed E-state index contributed by atoms with van der Waals surface area (Å²) in [6.45, 7) is 6.65. The summed E-state index contributed by atoms with van der Waals surface area (Å²) >= 11 is 5.94. The Morgan fingerprint density at radius 2 is 1.90 bits per heavy atom. The first-order valence-electron chi connectivity index (χ1n) is 7.41. The highest BCUT2D eigenvalue weighted by Gasteiger charge is 2.32. The van der Waals surface area contributed by atoms with E-state index in [0.29, 0.717) is 11.7 Å². The summed E-state index contributed by atoms with van der Waals surface area (Å²) in [4.78, 5) is 0. The first-order chi connectivity index (χ1) is 9.45. The topological polar surface area (TPSA) is 58.0 Å². The average Bonchev–Trinajstić information content (AvgIpc) is 2.45. The van der Waals surface area contributed by atoms with Crippen LogP contribution in [0.2, 0.25) is 5.15 Å². The molecular weight excluding hydrogens is 274 g/mol. The summed E-state index contributed by atoms with van der Waals surface area (Å²) in [6.07, 6.45) is 5.15. The zero-order chi connectivity index (χ0) is 14.8. The van der Waals surface area contributed by atoms with Crippen LogP contribution in [0.15, 0.2) is 0 Å². The van der Waals surface area contributed by atoms with Crippen LogP contribution >= 0.6 is 11.6 Å². The molecule has 0 unspecified atom stereocenters. The van der Waals surface area contributed by atoms with Crippen LogP contribution < -0.4 is 5.32 Å². The quantitative estimate of drug-likeness (QED) is 0.893. The fraction of sp³-hybridized carbons (Fsp3) is 0.733. The number of nitrogens with zero attached hydrogens (tertiary/aromatic N) is 2. The molecule has 1 heterocycles. The van der Waals surface area contributed by atoms with Crippen molar-refractivity contribution in [3.05, 3.63) is 16.3 Å². The van der Waals surface area contributed by atoms with Gasteiger partial charge in [-0.2, -0.15) is 0 Å². The standard InChI is InChI=1S/C15H24ClN3O/c1-4-12-5-7-15(20,8-6-12)9-17-14-11(3)10(2)13(16)18-19-14/h12,20H,4-9H2,1-3H3,(H,17,19). The minimum atomic E-state index is -0.618. The Morgan fingerprint density at radius 1 is 1.25 bits per heavy atom. The van der Waals surface area contributed by atoms with Crippen LogP contribution in [0, 0.1) is 19.8 Å². The average molecular weight is 298 g/mol. The van der Waals surface area contributed by atoms with Crippen molar-refractivity contribution in [3.8, 4) is 0 Å². The fourth-order valence-corrected chi connectivity index (χ4v) is 2.97. The SMILES string of the molecule is CCC1CCC(O)(CNc2nnc(Cl)c(C)c2C)CC1. The zero-order valence-corrected chi connectivity index (χ0v) is 13.3. The van der Waals surface area contributed by atoms with E-state index in [9.17, 15) is 5.11 Å². The molecule has 5 heteroatoms. The van der Waals surface area contributed by atoms with Crippen LogP contribution in [-0.4, -0.2) is 27.4 Å². The van der Waals surface area contributed by atoms with E-state index in [1.54, 1.807) is 0 Å². The number of halogens is 1. The number of nitrogens with one attached hydrogen (secondary N) is 1. The Morgan fingerprint density at radius 3 is 2.50 bits per heavy atom. The summed E-state index contributed by atoms with van der Waals surface area (Å²) < 4.78 is 0. The molecule has 0 radical (unpaired) electrons. The molecule has 0 aromatic carbocycles. The zero-order valence-electron chi connectivity index (χ0n) is 12.5. The van der Waals surface area contributed by atoms with E-state index in [-0.39, 0.29) is 0 Å². The van der Waals surface area contributed by atoms with E-state index in [0.717, 1.165) is 48.5 Å². The van der Waals surface area contributed by atoms with Crippen molar-refractivity contribution in [3.63, 3.8) is 0 Å². The highest BCUT2D eigenvalue weighted by molar-refractivity contribution is 6.30. The first-order valence-corrected chi connectivity index (χ1v) is 7.78. The van der Waals surface area contributed by atoms with Gasteiger partial charge in [-0.1, -0.05) is 24.9 Å². The van der Waals surface area contributed by atoms with E-state index in [1.165, 1.54) is 6.42 Å². The summed E-state index contributed by atoms with van der Waals surface area (Å²) in [6, 6.07) is 0. The predicted molar refractivity (Wildman–Crippen MR) is 82.2 cm³/mol. The third-order valence-electron chi connectivity index (χ3n) is 4.66. The predicted octanol–water partition coefficient (Wildman–Crippen LogP) is 3.49. The molecule has 0 spiro atoms. The normalized spacial score (nSPS) is 26.6. The van der Waals surface area contributed by atoms with Gasteiger partial charge in [-0.15, -0.1) is 10.2 Å². The number of hydrogen-bond donors (Lipinski definition) is 2. The van der Waals surface area contributed by atoms with Gasteiger partial charge in [-0.3, -0.25) is 0 Å². The molecule has 1 fully saturated rings. The van der Waals surface area contributed by atoms with Gasteiger partial charge in [0, 0.05) is 6.54 Å². The highest BCUT2D eigenvalue weighted by Crippen LogP contribution is 2.34. The minimum absolute atomic E-state index is 0.440. The van der Waals surface area contributed by atoms with Crippen LogP contribution in [0.4, 0.5) is 5.82 Å². The summed E-state index contributed by atoms with van der Waals surface area (Å²) in [5.41, 5.74) is 1.31. The smallest absolute Gasteiger partial charge is 0.155 e. The molecule has 2 N–H and O–H groups in total. The van der Waals surface area contributed by atoms with Crippen molar-refractivity contribution >= 4 is 17.4 Å². The fourth-order valence-electron chi connectivity index (χ4n) is 2.79. The molecule has 0 atom stereocenters. The Labute approximate surface area is 125 Å². The van der Waals surface area contributed by atoms with Crippen molar-refractivity contribution in [1.29, 1.82) is 0 Å². The van der Waals surface area contributed by atoms with E-state index < -0.39 is 5.60 Å². The van der Waals surface area contributed by atoms with Gasteiger partial charge in [-0.25, -0.2) is 0 Å². The van der Waals surface area contributed by atoms with Gasteiger partial charge in [0.15, 0.2) is 11.0 Å². The Kier molecular flexibility index (Phi) is 4.86. The van der Waals surface area contributed by atoms with E-state index in [4.69, 9.17) is 11.6 Å². The van der Waals surface area contributed by atoms with Crippen LogP contribution in [-0.2, 0) is 0 Å². The second kappa shape index (κ2) is 6.27. The van der Waals surface area contributed by atoms with Gasteiger partial charge in [0.05, 0.1) is 5.60 Å². The highest BCUT2D eigenvalue weighted by atomic mass is 35.5. The second-order valence-corrected chi connectivity index (χ2v) is 6.38. The van der Waals surface area contributed by atoms with Gasteiger partial charge >= 0.3 is 0 Å². The van der Waals surface area contributed by atoms with E-state index >= 15 is 0 Å². The van der Waals surface area contributed by atoms with Crippen molar-refractivity contribution in [2.75, 3.05) is 11.9 Å². The molecule has 0 amide bonds. The molecule has 112 valence electrons. The molecule has 2 rings (SSSR count). The maximum absolute atomic E-state index is 10.6. The van der Waals surface area contributed by atoms with Crippen molar-refractivity contribution < 1.29 is 5.11 Å². The number of aliphatic hydroxyl groups is 1. The van der Waals surface area contributed by atoms with Crippen LogP contribution in [0.3, 0.4) is 0 Å². The van der Waals surface area contributed by atoms with Gasteiger partial charge in [0.1, 0.15) is 0 Å². The van der Waals surface area contributed by atoms with Crippen LogP contribution in [0.5, 0.6) is 0 Å². The van der Waals surface area contributed by atoms with Gasteiger partial charge in [0.25, 0.3) is 0 Å². The lowest BCUT2D eigenvalue weighted by atomic mass is 9.78. The number of aromatic nitrogens is 2. The summed E-state index contributed by atoms with van der Waals surface area (Å²) in [5, 5.41) is 22.3. The lowest BCUT2D eigenvalue weighted by molar-refractivity contribution is 0.00221. The van der Waals surface area contributed by atoms with E-state index in [2.05, 4.69) is 22.4 Å². The summed E-state index contributed by atoms with van der Waals surface area (Å²) in [7, 11) is 0. The summed E-state index contributed by atoms with van der Waals surface area (Å²) in [5.74, 6) is 1.49. The first kappa shape index (κ1) is 15.5. The molecule has 1 saturated carbocycles. The minimum Gasteiger partial charge on any atom is -0.388 e. The number of hydrogen-bond acceptors (Lipinski definition) is 4. The van der Waals surface area contributed by atoms with E-state index in [1.807, 2.05) is 13.8 Å². The molecule has 1 aromatic rings. The van der Waals surface area contributed by atoms with Crippen LogP contribution in [0.25, 0.3) is 0 Å². The molecular formula is C15H24ClN3O. The molecule has 1 aliphatic carbocycles. The van der Waals surface area contributed by atoms with Gasteiger partial charge < -0.3 is 10.4 Å². The van der Waals surface area contributed by atoms with Crippen molar-refractivity contribution in [1.82, 2.24) is 10.2 Å².